The highest BCUT2D eigenvalue weighted by Crippen LogP contribution is 2.54. The zero-order valence-corrected chi connectivity index (χ0v) is 43.0. The van der Waals surface area contributed by atoms with Gasteiger partial charge in [-0.3, -0.25) is 19.2 Å². The first-order valence-corrected chi connectivity index (χ1v) is 25.5. The standard InChI is InChI=1S/C51H66O24/c1-23(2)40(55)66-21-34(52)65-20-33-27-18-50(7,30-11-14-63-44(30)59)72-38(27)39-47(70-33)75-51(8,73-39)31-16-25(68-45(31)60)15-24(3)41(56)67-22-35(53)64-19-32-26-17-49(6,29-10-13-62-43(29)58)71-37(26)36(54)46(69-32)74-48(4,5)28-9-12-61-42(28)57/h15,25-33,36-39,46-47,54H,1,9-14,16-22H2,2-8H3/b24-15+/t25?,26-,27-,28?,29?,30?,31?,32+,33+,36+,37-,38-,39+,46-,47+,49?,50?,51?/m0/s1. The second kappa shape index (κ2) is 21.0. The molecule has 75 heavy (non-hydrogen) atoms. The fourth-order valence-corrected chi connectivity index (χ4v) is 12.2. The first kappa shape index (κ1) is 54.7. The number of carbonyl (C=O) groups excluding carboxylic acids is 8. The highest BCUT2D eigenvalue weighted by Gasteiger charge is 2.67. The SMILES string of the molecule is C=C(C)C(=O)OCC(=O)OC[C@H]1O[C@@H]2OC(C)(C3CC(/C=C(\C)C(=O)OCC(=O)OC[C@H]4O[C@@H](OC(C)(C)C5CCOC5=O)[C@H](O)[C@H]5OC(C)(C6CCOC6=O)C[C@H]54)OC3=O)O[C@@H]2[C@H]2OC(C)(C3CCOC3=O)C[C@H]21. The summed E-state index contributed by atoms with van der Waals surface area (Å²) in [5, 5.41) is 11.6. The molecule has 0 spiro atoms. The Hall–Kier alpha value is -5.08. The van der Waals surface area contributed by atoms with E-state index in [1.54, 1.807) is 34.6 Å². The van der Waals surface area contributed by atoms with Gasteiger partial charge in [-0.25, -0.2) is 19.2 Å². The van der Waals surface area contributed by atoms with Crippen LogP contribution in [-0.2, 0) is 109 Å². The van der Waals surface area contributed by atoms with Gasteiger partial charge in [0.05, 0.1) is 66.6 Å². The largest absolute Gasteiger partial charge is 0.465 e. The summed E-state index contributed by atoms with van der Waals surface area (Å²) in [6, 6.07) is 0. The summed E-state index contributed by atoms with van der Waals surface area (Å²) < 4.78 is 87.4. The van der Waals surface area contributed by atoms with Crippen LogP contribution in [0.2, 0.25) is 0 Å². The van der Waals surface area contributed by atoms with Crippen molar-refractivity contribution in [2.45, 2.75) is 165 Å². The number of carbonyl (C=O) groups is 8. The van der Waals surface area contributed by atoms with Crippen molar-refractivity contribution in [2.24, 2.45) is 35.5 Å². The van der Waals surface area contributed by atoms with Gasteiger partial charge >= 0.3 is 47.8 Å². The molecule has 9 rings (SSSR count). The first-order valence-electron chi connectivity index (χ1n) is 25.5. The topological polar surface area (TPSA) is 295 Å². The molecular weight excluding hydrogens is 997 g/mol. The predicted molar refractivity (Wildman–Crippen MR) is 243 cm³/mol. The molecule has 9 fully saturated rings. The lowest BCUT2D eigenvalue weighted by Gasteiger charge is -2.44. The molecule has 9 aliphatic heterocycles. The van der Waals surface area contributed by atoms with Crippen LogP contribution in [0.1, 0.15) is 87.0 Å². The number of esters is 8. The Kier molecular flexibility index (Phi) is 15.3. The second-order valence-electron chi connectivity index (χ2n) is 22.0. The van der Waals surface area contributed by atoms with Crippen LogP contribution in [0.25, 0.3) is 0 Å². The first-order chi connectivity index (χ1) is 35.4. The summed E-state index contributed by atoms with van der Waals surface area (Å²) in [7, 11) is 0. The van der Waals surface area contributed by atoms with Gasteiger partial charge in [0.15, 0.2) is 31.6 Å². The molecular formula is C51H66O24. The number of cyclic esters (lactones) is 4. The Morgan fingerprint density at radius 1 is 0.680 bits per heavy atom. The van der Waals surface area contributed by atoms with Crippen molar-refractivity contribution in [1.29, 1.82) is 0 Å². The lowest BCUT2D eigenvalue weighted by atomic mass is 9.79. The van der Waals surface area contributed by atoms with Crippen LogP contribution in [-0.4, -0.2) is 177 Å². The predicted octanol–water partition coefficient (Wildman–Crippen LogP) is 1.37. The summed E-state index contributed by atoms with van der Waals surface area (Å²) in [6.45, 7) is 13.4. The molecule has 24 nitrogen and oxygen atoms in total. The Bertz CT molecular complexity index is 2350. The average Bonchev–Trinajstić information content (AvgIpc) is 4.23. The van der Waals surface area contributed by atoms with Gasteiger partial charge < -0.3 is 76.2 Å². The Morgan fingerprint density at radius 3 is 1.79 bits per heavy atom. The van der Waals surface area contributed by atoms with Crippen molar-refractivity contribution in [2.75, 3.05) is 46.2 Å². The van der Waals surface area contributed by atoms with Crippen LogP contribution in [0.3, 0.4) is 0 Å². The molecule has 9 saturated heterocycles. The van der Waals surface area contributed by atoms with Gasteiger partial charge in [0, 0.05) is 29.4 Å². The molecule has 1 N–H and O–H groups in total. The highest BCUT2D eigenvalue weighted by molar-refractivity contribution is 5.90. The van der Waals surface area contributed by atoms with Gasteiger partial charge in [0.2, 0.25) is 0 Å². The summed E-state index contributed by atoms with van der Waals surface area (Å²) >= 11 is 0. The molecule has 9 aliphatic rings. The average molecular weight is 1060 g/mol. The van der Waals surface area contributed by atoms with Crippen molar-refractivity contribution in [3.63, 3.8) is 0 Å². The van der Waals surface area contributed by atoms with Gasteiger partial charge in [-0.05, 0) is 86.6 Å². The van der Waals surface area contributed by atoms with E-state index in [9.17, 15) is 43.5 Å². The molecule has 0 aliphatic carbocycles. The van der Waals surface area contributed by atoms with Crippen molar-refractivity contribution in [1.82, 2.24) is 0 Å². The van der Waals surface area contributed by atoms with E-state index in [2.05, 4.69) is 6.58 Å². The normalized spacial score (nSPS) is 41.2. The minimum atomic E-state index is -1.65. The number of fused-ring (bicyclic) bond motifs is 4. The number of aliphatic hydroxyl groups is 1. The van der Waals surface area contributed by atoms with Crippen LogP contribution < -0.4 is 0 Å². The third-order valence-electron chi connectivity index (χ3n) is 16.2. The molecule has 0 bridgehead atoms. The van der Waals surface area contributed by atoms with Gasteiger partial charge in [-0.2, -0.15) is 0 Å². The molecule has 9 heterocycles. The summed E-state index contributed by atoms with van der Waals surface area (Å²) in [5.41, 5.74) is -3.10. The van der Waals surface area contributed by atoms with Crippen molar-refractivity contribution in [3.05, 3.63) is 23.8 Å². The molecule has 24 heteroatoms. The lowest BCUT2D eigenvalue weighted by Crippen LogP contribution is -2.57. The molecule has 0 amide bonds. The van der Waals surface area contributed by atoms with Gasteiger partial charge in [0.25, 0.3) is 0 Å². The number of ether oxygens (including phenoxy) is 15. The third-order valence-corrected chi connectivity index (χ3v) is 16.2. The fourth-order valence-electron chi connectivity index (χ4n) is 12.2. The van der Waals surface area contributed by atoms with E-state index >= 15 is 0 Å². The maximum absolute atomic E-state index is 13.6. The molecule has 0 radical (unpaired) electrons. The number of hydrogen-bond donors (Lipinski definition) is 1. The number of hydrogen-bond acceptors (Lipinski definition) is 24. The summed E-state index contributed by atoms with van der Waals surface area (Å²) in [4.78, 5) is 102. The lowest BCUT2D eigenvalue weighted by molar-refractivity contribution is -0.317. The Balaban J connectivity index is 0.802. The Morgan fingerprint density at radius 2 is 1.23 bits per heavy atom. The van der Waals surface area contributed by atoms with Gasteiger partial charge in [-0.15, -0.1) is 0 Å². The van der Waals surface area contributed by atoms with E-state index in [1.165, 1.54) is 19.9 Å². The number of aliphatic hydroxyl groups excluding tert-OH is 1. The van der Waals surface area contributed by atoms with E-state index in [0.717, 1.165) is 0 Å². The van der Waals surface area contributed by atoms with Crippen LogP contribution in [0.5, 0.6) is 0 Å². The van der Waals surface area contributed by atoms with E-state index in [0.29, 0.717) is 25.7 Å². The smallest absolute Gasteiger partial charge is 0.344 e. The minimum Gasteiger partial charge on any atom is -0.465 e. The van der Waals surface area contributed by atoms with Crippen LogP contribution in [0.4, 0.5) is 0 Å². The Labute approximate surface area is 431 Å². The molecule has 0 aromatic rings. The van der Waals surface area contributed by atoms with Crippen LogP contribution in [0, 0.1) is 35.5 Å². The van der Waals surface area contributed by atoms with E-state index in [1.807, 2.05) is 0 Å². The second-order valence-corrected chi connectivity index (χ2v) is 22.0. The van der Waals surface area contributed by atoms with Crippen molar-refractivity contribution >= 4 is 47.8 Å². The van der Waals surface area contributed by atoms with E-state index in [-0.39, 0.29) is 57.0 Å². The maximum Gasteiger partial charge on any atom is 0.344 e. The zero-order chi connectivity index (χ0) is 53.9. The summed E-state index contributed by atoms with van der Waals surface area (Å²) in [6.07, 6.45) is -5.98. The van der Waals surface area contributed by atoms with Gasteiger partial charge in [-0.1, -0.05) is 6.58 Å². The molecule has 414 valence electrons. The maximum atomic E-state index is 13.6. The van der Waals surface area contributed by atoms with E-state index < -0.39 is 174 Å². The fraction of sp³-hybridized carbons (Fsp3) is 0.765. The molecule has 0 aromatic heterocycles. The molecule has 18 atom stereocenters. The molecule has 0 saturated carbocycles. The van der Waals surface area contributed by atoms with Crippen molar-refractivity contribution in [3.8, 4) is 0 Å². The monoisotopic (exact) mass is 1060 g/mol. The van der Waals surface area contributed by atoms with Crippen LogP contribution >= 0.6 is 0 Å². The third kappa shape index (κ3) is 10.9. The van der Waals surface area contributed by atoms with Gasteiger partial charge in [0.1, 0.15) is 49.7 Å². The molecule has 0 aromatic carbocycles. The summed E-state index contributed by atoms with van der Waals surface area (Å²) in [5.74, 6) is -11.0. The highest BCUT2D eigenvalue weighted by atomic mass is 16.8. The molecule has 8 unspecified atom stereocenters. The minimum absolute atomic E-state index is 0.00407. The van der Waals surface area contributed by atoms with Crippen LogP contribution in [0.15, 0.2) is 23.8 Å². The number of rotatable bonds is 17. The zero-order valence-electron chi connectivity index (χ0n) is 43.0. The van der Waals surface area contributed by atoms with Crippen molar-refractivity contribution < 1.29 is 115 Å². The van der Waals surface area contributed by atoms with E-state index in [4.69, 9.17) is 71.1 Å². The quantitative estimate of drug-likeness (QED) is 0.122.